The molecule has 1 aliphatic heterocycles. The van der Waals surface area contributed by atoms with Gasteiger partial charge in [0.25, 0.3) is 0 Å². The summed E-state index contributed by atoms with van der Waals surface area (Å²) in [6.07, 6.45) is 4.44. The third-order valence-electron chi connectivity index (χ3n) is 5.36. The third-order valence-corrected chi connectivity index (χ3v) is 6.50. The van der Waals surface area contributed by atoms with Crippen LogP contribution in [0.1, 0.15) is 34.0 Å². The lowest BCUT2D eigenvalue weighted by molar-refractivity contribution is -0.122. The number of hydrogen-bond donors (Lipinski definition) is 3. The average molecular weight is 430 g/mol. The third kappa shape index (κ3) is 5.69. The molecule has 0 saturated carbocycles. The van der Waals surface area contributed by atoms with Gasteiger partial charge in [0.05, 0.1) is 16.6 Å². The first kappa shape index (κ1) is 22.0. The molecule has 9 heteroatoms. The first-order valence-electron chi connectivity index (χ1n) is 10.3. The molecule has 0 aliphatic carbocycles. The van der Waals surface area contributed by atoms with Crippen molar-refractivity contribution in [1.29, 1.82) is 0 Å². The van der Waals surface area contributed by atoms with Gasteiger partial charge in [-0.15, -0.1) is 11.3 Å². The van der Waals surface area contributed by atoms with Gasteiger partial charge in [0.15, 0.2) is 5.96 Å². The molecule has 0 spiro atoms. The van der Waals surface area contributed by atoms with E-state index in [4.69, 9.17) is 5.73 Å². The van der Waals surface area contributed by atoms with E-state index in [1.54, 1.807) is 24.6 Å². The molecule has 162 valence electrons. The fraction of sp³-hybridized carbons (Fsp3) is 0.524. The van der Waals surface area contributed by atoms with Crippen molar-refractivity contribution in [3.63, 3.8) is 0 Å². The second kappa shape index (κ2) is 10.4. The van der Waals surface area contributed by atoms with Gasteiger partial charge in [-0.25, -0.2) is 9.97 Å². The molecule has 3 rings (SSSR count). The Kier molecular flexibility index (Phi) is 7.62. The maximum absolute atomic E-state index is 11.6. The number of nitrogens with one attached hydrogen (secondary N) is 2. The highest BCUT2D eigenvalue weighted by Crippen LogP contribution is 2.24. The Morgan fingerprint density at radius 1 is 1.40 bits per heavy atom. The van der Waals surface area contributed by atoms with Crippen LogP contribution < -0.4 is 21.3 Å². The standard InChI is InChI=1S/C21H31N7OS/c1-14-15(2)30-18(27-14)8-10-25-21(23-3)26-12-16-6-4-9-24-20(16)28-11-5-7-17(13-28)19(22)29/h4,6,9,17H,5,7-8,10-13H2,1-3H3,(H2,22,29)(H2,23,25,26). The molecule has 1 aliphatic rings. The number of nitrogens with two attached hydrogens (primary N) is 1. The Hall–Kier alpha value is -2.68. The maximum atomic E-state index is 11.6. The normalized spacial score (nSPS) is 17.1. The highest BCUT2D eigenvalue weighted by Gasteiger charge is 2.25. The summed E-state index contributed by atoms with van der Waals surface area (Å²) in [5.74, 6) is 1.29. The highest BCUT2D eigenvalue weighted by molar-refractivity contribution is 7.11. The van der Waals surface area contributed by atoms with Crippen molar-refractivity contribution in [1.82, 2.24) is 20.6 Å². The maximum Gasteiger partial charge on any atom is 0.222 e. The number of aromatic nitrogens is 2. The van der Waals surface area contributed by atoms with Gasteiger partial charge in [-0.05, 0) is 32.8 Å². The van der Waals surface area contributed by atoms with Gasteiger partial charge in [0, 0.05) is 56.3 Å². The van der Waals surface area contributed by atoms with Crippen LogP contribution in [0.15, 0.2) is 23.3 Å². The largest absolute Gasteiger partial charge is 0.369 e. The monoisotopic (exact) mass is 429 g/mol. The van der Waals surface area contributed by atoms with Crippen molar-refractivity contribution in [2.24, 2.45) is 16.6 Å². The van der Waals surface area contributed by atoms with Crippen molar-refractivity contribution < 1.29 is 4.79 Å². The number of thiazole rings is 1. The lowest BCUT2D eigenvalue weighted by Crippen LogP contribution is -2.42. The number of aliphatic imine (C=N–C) groups is 1. The van der Waals surface area contributed by atoms with Gasteiger partial charge in [-0.2, -0.15) is 0 Å². The average Bonchev–Trinajstić information content (AvgIpc) is 3.08. The van der Waals surface area contributed by atoms with E-state index in [-0.39, 0.29) is 11.8 Å². The zero-order valence-corrected chi connectivity index (χ0v) is 18.8. The Bertz CT molecular complexity index is 876. The summed E-state index contributed by atoms with van der Waals surface area (Å²) in [6, 6.07) is 3.98. The molecule has 8 nitrogen and oxygen atoms in total. The van der Waals surface area contributed by atoms with E-state index in [0.717, 1.165) is 60.4 Å². The molecule has 2 aromatic rings. The zero-order chi connectivity index (χ0) is 21.5. The van der Waals surface area contributed by atoms with Gasteiger partial charge in [0.1, 0.15) is 5.82 Å². The number of rotatable bonds is 7. The number of nitrogens with zero attached hydrogens (tertiary/aromatic N) is 4. The summed E-state index contributed by atoms with van der Waals surface area (Å²) < 4.78 is 0. The molecule has 0 radical (unpaired) electrons. The molecule has 1 unspecified atom stereocenters. The molecule has 1 saturated heterocycles. The van der Waals surface area contributed by atoms with Crippen molar-refractivity contribution >= 4 is 29.0 Å². The lowest BCUT2D eigenvalue weighted by Gasteiger charge is -2.33. The summed E-state index contributed by atoms with van der Waals surface area (Å²) in [7, 11) is 1.76. The Balaban J connectivity index is 1.56. The fourth-order valence-electron chi connectivity index (χ4n) is 3.59. The Morgan fingerprint density at radius 3 is 2.93 bits per heavy atom. The Morgan fingerprint density at radius 2 is 2.23 bits per heavy atom. The summed E-state index contributed by atoms with van der Waals surface area (Å²) >= 11 is 1.75. The van der Waals surface area contributed by atoms with E-state index in [1.165, 1.54) is 4.88 Å². The van der Waals surface area contributed by atoms with E-state index in [0.29, 0.717) is 13.1 Å². The number of carbonyl (C=O) groups is 1. The topological polar surface area (TPSA) is 109 Å². The molecule has 4 N–H and O–H groups in total. The SMILES string of the molecule is CN=C(NCCc1nc(C)c(C)s1)NCc1cccnc1N1CCCC(C(N)=O)C1. The number of anilines is 1. The second-order valence-corrected chi connectivity index (χ2v) is 8.81. The van der Waals surface area contributed by atoms with E-state index in [1.807, 2.05) is 13.0 Å². The summed E-state index contributed by atoms with van der Waals surface area (Å²) in [5.41, 5.74) is 7.71. The number of guanidine groups is 1. The van der Waals surface area contributed by atoms with Crippen molar-refractivity contribution in [3.8, 4) is 0 Å². The molecule has 0 aromatic carbocycles. The zero-order valence-electron chi connectivity index (χ0n) is 17.9. The van der Waals surface area contributed by atoms with Gasteiger partial charge in [-0.1, -0.05) is 6.07 Å². The van der Waals surface area contributed by atoms with E-state index in [2.05, 4.69) is 43.5 Å². The van der Waals surface area contributed by atoms with Gasteiger partial charge in [0.2, 0.25) is 5.91 Å². The smallest absolute Gasteiger partial charge is 0.222 e. The predicted molar refractivity (Wildman–Crippen MR) is 122 cm³/mol. The van der Waals surface area contributed by atoms with E-state index in [9.17, 15) is 4.79 Å². The minimum absolute atomic E-state index is 0.117. The van der Waals surface area contributed by atoms with E-state index >= 15 is 0 Å². The lowest BCUT2D eigenvalue weighted by atomic mass is 9.97. The number of primary amides is 1. The molecule has 2 aromatic heterocycles. The van der Waals surface area contributed by atoms with Crippen LogP contribution in [0.2, 0.25) is 0 Å². The molecule has 1 atom stereocenters. The number of pyridine rings is 1. The van der Waals surface area contributed by atoms with E-state index < -0.39 is 0 Å². The summed E-state index contributed by atoms with van der Waals surface area (Å²) in [4.78, 5) is 28.5. The first-order chi connectivity index (χ1) is 14.5. The van der Waals surface area contributed by atoms with Crippen LogP contribution in [-0.4, -0.2) is 48.5 Å². The molecule has 0 bridgehead atoms. The van der Waals surface area contributed by atoms with Crippen LogP contribution in [0.25, 0.3) is 0 Å². The molecular weight excluding hydrogens is 398 g/mol. The van der Waals surface area contributed by atoms with Crippen LogP contribution in [0, 0.1) is 19.8 Å². The first-order valence-corrected chi connectivity index (χ1v) is 11.1. The predicted octanol–water partition coefficient (Wildman–Crippen LogP) is 1.76. The van der Waals surface area contributed by atoms with Crippen LogP contribution in [-0.2, 0) is 17.8 Å². The Labute approximate surface area is 182 Å². The number of aryl methyl sites for hydroxylation is 2. The van der Waals surface area contributed by atoms with Gasteiger partial charge < -0.3 is 21.3 Å². The number of piperidine rings is 1. The fourth-order valence-corrected chi connectivity index (χ4v) is 4.52. The summed E-state index contributed by atoms with van der Waals surface area (Å²) in [6.45, 7) is 7.01. The highest BCUT2D eigenvalue weighted by atomic mass is 32.1. The van der Waals surface area contributed by atoms with Crippen molar-refractivity contribution in [3.05, 3.63) is 39.5 Å². The molecule has 1 amide bonds. The number of amides is 1. The molecule has 30 heavy (non-hydrogen) atoms. The molecular formula is C21H31N7OS. The van der Waals surface area contributed by atoms with Crippen molar-refractivity contribution in [2.45, 2.75) is 39.7 Å². The number of hydrogen-bond acceptors (Lipinski definition) is 6. The minimum atomic E-state index is -0.231. The summed E-state index contributed by atoms with van der Waals surface area (Å²) in [5, 5.41) is 7.85. The van der Waals surface area contributed by atoms with Crippen LogP contribution in [0.3, 0.4) is 0 Å². The minimum Gasteiger partial charge on any atom is -0.369 e. The molecule has 1 fully saturated rings. The molecule has 3 heterocycles. The van der Waals surface area contributed by atoms with Crippen LogP contribution >= 0.6 is 11.3 Å². The van der Waals surface area contributed by atoms with Gasteiger partial charge >= 0.3 is 0 Å². The second-order valence-electron chi connectivity index (χ2n) is 7.53. The quantitative estimate of drug-likeness (QED) is 0.457. The van der Waals surface area contributed by atoms with Crippen LogP contribution in [0.4, 0.5) is 5.82 Å². The van der Waals surface area contributed by atoms with Crippen LogP contribution in [0.5, 0.6) is 0 Å². The van der Waals surface area contributed by atoms with Crippen molar-refractivity contribution in [2.75, 3.05) is 31.6 Å². The number of carbonyl (C=O) groups excluding carboxylic acids is 1. The van der Waals surface area contributed by atoms with Gasteiger partial charge in [-0.3, -0.25) is 9.79 Å².